The number of aliphatic carboxylic acids is 1. The van der Waals surface area contributed by atoms with Crippen LogP contribution in [0.5, 0.6) is 5.75 Å². The van der Waals surface area contributed by atoms with E-state index in [1.165, 1.54) is 6.08 Å². The van der Waals surface area contributed by atoms with Gasteiger partial charge in [0.1, 0.15) is 19.0 Å². The molecule has 0 aliphatic carbocycles. The first-order chi connectivity index (χ1) is 7.63. The van der Waals surface area contributed by atoms with E-state index >= 15 is 0 Å². The van der Waals surface area contributed by atoms with Crippen LogP contribution in [-0.4, -0.2) is 24.4 Å². The summed E-state index contributed by atoms with van der Waals surface area (Å²) in [5.74, 6) is -0.543. The Hall–Kier alpha value is -1.84. The summed E-state index contributed by atoms with van der Waals surface area (Å²) >= 11 is 0. The number of aryl methyl sites for hydroxylation is 1. The molecule has 1 rings (SSSR count). The maximum Gasteiger partial charge on any atom is 0.328 e. The van der Waals surface area contributed by atoms with Crippen LogP contribution in [0.1, 0.15) is 11.1 Å². The molecule has 16 heavy (non-hydrogen) atoms. The summed E-state index contributed by atoms with van der Waals surface area (Å²) in [5.41, 5.74) is 1.62. The third-order valence-corrected chi connectivity index (χ3v) is 1.91. The highest BCUT2D eigenvalue weighted by Gasteiger charge is 2.01. The summed E-state index contributed by atoms with van der Waals surface area (Å²) in [6, 6.07) is 5.31. The zero-order chi connectivity index (χ0) is 12.0. The van der Waals surface area contributed by atoms with E-state index in [1.54, 1.807) is 12.1 Å². The maximum absolute atomic E-state index is 12.0. The second kappa shape index (κ2) is 5.90. The molecular formula is C12H13FO3. The van der Waals surface area contributed by atoms with Gasteiger partial charge in [-0.05, 0) is 25.1 Å². The van der Waals surface area contributed by atoms with Crippen molar-refractivity contribution in [1.82, 2.24) is 0 Å². The predicted octanol–water partition coefficient (Wildman–Crippen LogP) is 2.44. The van der Waals surface area contributed by atoms with E-state index in [0.717, 1.165) is 11.6 Å². The molecule has 0 radical (unpaired) electrons. The molecule has 0 amide bonds. The molecule has 86 valence electrons. The molecule has 0 aliphatic rings. The van der Waals surface area contributed by atoms with E-state index in [2.05, 4.69) is 0 Å². The van der Waals surface area contributed by atoms with Gasteiger partial charge in [0.2, 0.25) is 0 Å². The molecule has 0 unspecified atom stereocenters. The Morgan fingerprint density at radius 3 is 2.94 bits per heavy atom. The molecule has 0 heterocycles. The van der Waals surface area contributed by atoms with Crippen LogP contribution in [0.25, 0.3) is 6.08 Å². The van der Waals surface area contributed by atoms with Gasteiger partial charge >= 0.3 is 5.97 Å². The summed E-state index contributed by atoms with van der Waals surface area (Å²) in [7, 11) is 0. The van der Waals surface area contributed by atoms with Crippen LogP contribution in [0.2, 0.25) is 0 Å². The minimum Gasteiger partial charge on any atom is -0.490 e. The first kappa shape index (κ1) is 12.2. The molecule has 1 N–H and O–H groups in total. The maximum atomic E-state index is 12.0. The lowest BCUT2D eigenvalue weighted by molar-refractivity contribution is -0.131. The fourth-order valence-electron chi connectivity index (χ4n) is 1.24. The summed E-state index contributed by atoms with van der Waals surface area (Å²) in [5, 5.41) is 8.52. The van der Waals surface area contributed by atoms with Gasteiger partial charge in [-0.1, -0.05) is 11.6 Å². The van der Waals surface area contributed by atoms with E-state index in [9.17, 15) is 9.18 Å². The monoisotopic (exact) mass is 224 g/mol. The Morgan fingerprint density at radius 2 is 2.31 bits per heavy atom. The largest absolute Gasteiger partial charge is 0.490 e. The quantitative estimate of drug-likeness (QED) is 0.781. The number of hydrogen-bond acceptors (Lipinski definition) is 2. The van der Waals surface area contributed by atoms with E-state index in [-0.39, 0.29) is 6.61 Å². The van der Waals surface area contributed by atoms with Crippen molar-refractivity contribution in [3.63, 3.8) is 0 Å². The normalized spacial score (nSPS) is 10.6. The predicted molar refractivity (Wildman–Crippen MR) is 59.3 cm³/mol. The van der Waals surface area contributed by atoms with E-state index in [4.69, 9.17) is 9.84 Å². The van der Waals surface area contributed by atoms with Crippen LogP contribution < -0.4 is 4.74 Å². The van der Waals surface area contributed by atoms with Crippen molar-refractivity contribution in [2.45, 2.75) is 6.92 Å². The zero-order valence-electron chi connectivity index (χ0n) is 8.94. The molecule has 0 spiro atoms. The van der Waals surface area contributed by atoms with Crippen LogP contribution in [0.15, 0.2) is 24.3 Å². The lowest BCUT2D eigenvalue weighted by Crippen LogP contribution is -2.00. The number of halogens is 1. The first-order valence-corrected chi connectivity index (χ1v) is 4.84. The number of carboxylic acids is 1. The van der Waals surface area contributed by atoms with Gasteiger partial charge in [-0.3, -0.25) is 0 Å². The third kappa shape index (κ3) is 3.73. The smallest absolute Gasteiger partial charge is 0.328 e. The lowest BCUT2D eigenvalue weighted by atomic mass is 10.1. The van der Waals surface area contributed by atoms with Crippen molar-refractivity contribution in [3.8, 4) is 5.75 Å². The number of alkyl halides is 1. The Kier molecular flexibility index (Phi) is 4.51. The van der Waals surface area contributed by atoms with E-state index in [1.807, 2.05) is 13.0 Å². The summed E-state index contributed by atoms with van der Waals surface area (Å²) in [6.07, 6.45) is 2.46. The fourth-order valence-corrected chi connectivity index (χ4v) is 1.24. The fraction of sp³-hybridized carbons (Fsp3) is 0.250. The summed E-state index contributed by atoms with van der Waals surface area (Å²) in [6.45, 7) is 1.28. The van der Waals surface area contributed by atoms with Gasteiger partial charge in [-0.15, -0.1) is 0 Å². The van der Waals surface area contributed by atoms with Gasteiger partial charge in [0, 0.05) is 11.6 Å². The van der Waals surface area contributed by atoms with Crippen LogP contribution in [0.3, 0.4) is 0 Å². The number of benzene rings is 1. The molecule has 0 fully saturated rings. The number of ether oxygens (including phenoxy) is 1. The molecule has 3 nitrogen and oxygen atoms in total. The number of carbonyl (C=O) groups is 1. The van der Waals surface area contributed by atoms with Gasteiger partial charge in [0.25, 0.3) is 0 Å². The molecule has 0 atom stereocenters. The third-order valence-electron chi connectivity index (χ3n) is 1.91. The van der Waals surface area contributed by atoms with Crippen molar-refractivity contribution in [2.24, 2.45) is 0 Å². The highest BCUT2D eigenvalue weighted by molar-refractivity contribution is 5.85. The number of hydrogen-bond donors (Lipinski definition) is 1. The van der Waals surface area contributed by atoms with Crippen molar-refractivity contribution >= 4 is 12.0 Å². The van der Waals surface area contributed by atoms with Crippen molar-refractivity contribution in [3.05, 3.63) is 35.4 Å². The molecule has 0 saturated carbocycles. The average Bonchev–Trinajstić information content (AvgIpc) is 2.25. The van der Waals surface area contributed by atoms with Crippen molar-refractivity contribution < 1.29 is 19.0 Å². The number of rotatable bonds is 5. The van der Waals surface area contributed by atoms with E-state index in [0.29, 0.717) is 11.3 Å². The summed E-state index contributed by atoms with van der Waals surface area (Å²) < 4.78 is 17.1. The zero-order valence-corrected chi connectivity index (χ0v) is 8.94. The van der Waals surface area contributed by atoms with Gasteiger partial charge in [0.05, 0.1) is 0 Å². The SMILES string of the molecule is Cc1ccc(OCCF)c(/C=C/C(=O)O)c1. The van der Waals surface area contributed by atoms with Gasteiger partial charge in [0.15, 0.2) is 0 Å². The Labute approximate surface area is 93.2 Å². The Bertz CT molecular complexity index is 399. The first-order valence-electron chi connectivity index (χ1n) is 4.84. The van der Waals surface area contributed by atoms with Crippen LogP contribution >= 0.6 is 0 Å². The number of carboxylic acid groups (broad SMARTS) is 1. The van der Waals surface area contributed by atoms with Gasteiger partial charge in [-0.25, -0.2) is 9.18 Å². The highest BCUT2D eigenvalue weighted by atomic mass is 19.1. The van der Waals surface area contributed by atoms with E-state index < -0.39 is 12.6 Å². The molecular weight excluding hydrogens is 211 g/mol. The van der Waals surface area contributed by atoms with Crippen molar-refractivity contribution in [2.75, 3.05) is 13.3 Å². The molecule has 1 aromatic carbocycles. The molecule has 0 bridgehead atoms. The molecule has 0 aliphatic heterocycles. The average molecular weight is 224 g/mol. The van der Waals surface area contributed by atoms with Crippen molar-refractivity contribution in [1.29, 1.82) is 0 Å². The second-order valence-corrected chi connectivity index (χ2v) is 3.25. The lowest BCUT2D eigenvalue weighted by Gasteiger charge is -2.08. The Balaban J connectivity index is 2.93. The molecule has 4 heteroatoms. The molecule has 0 saturated heterocycles. The minimum atomic E-state index is -1.03. The van der Waals surface area contributed by atoms with Gasteiger partial charge < -0.3 is 9.84 Å². The van der Waals surface area contributed by atoms with Crippen LogP contribution in [0, 0.1) is 6.92 Å². The highest BCUT2D eigenvalue weighted by Crippen LogP contribution is 2.21. The Morgan fingerprint density at radius 1 is 1.56 bits per heavy atom. The second-order valence-electron chi connectivity index (χ2n) is 3.25. The topological polar surface area (TPSA) is 46.5 Å². The summed E-state index contributed by atoms with van der Waals surface area (Å²) in [4.78, 5) is 10.4. The minimum absolute atomic E-state index is 0.0308. The molecule has 1 aromatic rings. The van der Waals surface area contributed by atoms with Gasteiger partial charge in [-0.2, -0.15) is 0 Å². The standard InChI is InChI=1S/C12H13FO3/c1-9-2-4-11(16-7-6-13)10(8-9)3-5-12(14)15/h2-5,8H,6-7H2,1H3,(H,14,15)/b5-3+. The molecule has 0 aromatic heterocycles. The van der Waals surface area contributed by atoms with Crippen LogP contribution in [0.4, 0.5) is 4.39 Å². The van der Waals surface area contributed by atoms with Crippen LogP contribution in [-0.2, 0) is 4.79 Å².